The van der Waals surface area contributed by atoms with Gasteiger partial charge in [0.05, 0.1) is 189 Å². The van der Waals surface area contributed by atoms with E-state index in [0.717, 1.165) is 0 Å². The zero-order valence-corrected chi connectivity index (χ0v) is 51.7. The molecule has 3 aromatic heterocycles. The average Bonchev–Trinajstić information content (AvgIpc) is 3.73. The van der Waals surface area contributed by atoms with Gasteiger partial charge in [-0.15, -0.1) is 20.4 Å². The predicted molar refractivity (Wildman–Crippen MR) is 324 cm³/mol. The summed E-state index contributed by atoms with van der Waals surface area (Å²) >= 11 is 0. The van der Waals surface area contributed by atoms with Crippen molar-refractivity contribution >= 4 is 35.3 Å². The molecule has 6 N–H and O–H groups in total. The molecule has 32 nitrogen and oxygen atoms in total. The van der Waals surface area contributed by atoms with Crippen molar-refractivity contribution in [3.05, 3.63) is 55.1 Å². The number of rotatable bonds is 51. The van der Waals surface area contributed by atoms with E-state index in [0.29, 0.717) is 240 Å². The number of aliphatic carboxylic acids is 2. The zero-order chi connectivity index (χ0) is 64.3. The Morgan fingerprint density at radius 3 is 1.10 bits per heavy atom. The third kappa shape index (κ3) is 39.6. The highest BCUT2D eigenvalue weighted by Gasteiger charge is 2.21. The number of carbonyl (C=O) groups excluding carboxylic acids is 3. The van der Waals surface area contributed by atoms with Gasteiger partial charge in [-0.3, -0.25) is 53.5 Å². The molecule has 4 heterocycles. The van der Waals surface area contributed by atoms with Crippen LogP contribution in [0.15, 0.2) is 55.1 Å². The summed E-state index contributed by atoms with van der Waals surface area (Å²) in [4.78, 5) is 76.3. The highest BCUT2D eigenvalue weighted by Crippen LogP contribution is 2.16. The molecule has 1 aliphatic heterocycles. The zero-order valence-electron chi connectivity index (χ0n) is 51.7. The quantitative estimate of drug-likeness (QED) is 0.0303. The number of carboxylic acid groups (broad SMARTS) is 2. The van der Waals surface area contributed by atoms with Crippen molar-refractivity contribution in [3.8, 4) is 23.0 Å². The lowest BCUT2D eigenvalue weighted by Gasteiger charge is -2.33. The molecule has 0 aromatic carbocycles. The van der Waals surface area contributed by atoms with Crippen LogP contribution in [0.3, 0.4) is 0 Å². The maximum Gasteiger partial charge on any atom is 0.317 e. The van der Waals surface area contributed by atoms with E-state index in [2.05, 4.69) is 52.9 Å². The smallest absolute Gasteiger partial charge is 0.317 e. The van der Waals surface area contributed by atoms with Gasteiger partial charge in [-0.05, 0) is 30.7 Å². The van der Waals surface area contributed by atoms with E-state index in [1.54, 1.807) is 40.3 Å². The van der Waals surface area contributed by atoms with Crippen molar-refractivity contribution in [2.45, 2.75) is 19.3 Å². The standard InChI is InChI=1S/C58H93N13O19/c1-48(72)44-68-13-15-69(16-18-71(47-56(78)79)20-19-70(17-14-68)46-55(76)77)45-54(75)61-12-22-81-24-26-83-28-30-85-32-34-87-36-38-89-40-42-90-41-39-88-37-35-86-33-31-84-29-27-82-25-23-80-21-11-60-52(73)6-4-7-53(74)63-49-8-9-51(62-43-49)58-66-64-57(65-67-58)50-5-2-3-10-59-50/h2-3,5,8-10,43,72H,1,4,6-7,11-42,44-47H2,(H,60,73)(H,61,75)(H,63,74)(H,76,77)(H,78,79). The molecule has 32 heteroatoms. The highest BCUT2D eigenvalue weighted by molar-refractivity contribution is 5.91. The molecule has 90 heavy (non-hydrogen) atoms. The van der Waals surface area contributed by atoms with Crippen LogP contribution in [-0.4, -0.2) is 332 Å². The molecule has 1 aliphatic rings. The molecule has 1 saturated heterocycles. The minimum absolute atomic E-state index is 0.0180. The van der Waals surface area contributed by atoms with Crippen molar-refractivity contribution in [2.75, 3.05) is 242 Å². The summed E-state index contributed by atoms with van der Waals surface area (Å²) in [5.41, 5.74) is 1.49. The third-order valence-electron chi connectivity index (χ3n) is 12.7. The number of carboxylic acids is 2. The van der Waals surface area contributed by atoms with Crippen molar-refractivity contribution in [3.63, 3.8) is 0 Å². The monoisotopic (exact) mass is 1280 g/mol. The summed E-state index contributed by atoms with van der Waals surface area (Å²) in [6, 6.07) is 8.69. The number of nitrogens with zero attached hydrogens (tertiary/aromatic N) is 10. The second kappa shape index (κ2) is 50.2. The number of aliphatic hydroxyl groups is 1. The summed E-state index contributed by atoms with van der Waals surface area (Å²) in [7, 11) is 0. The van der Waals surface area contributed by atoms with Crippen LogP contribution >= 0.6 is 0 Å². The van der Waals surface area contributed by atoms with Gasteiger partial charge < -0.3 is 83.4 Å². The number of amides is 3. The number of aliphatic hydroxyl groups excluding tert-OH is 1. The van der Waals surface area contributed by atoms with Crippen molar-refractivity contribution < 1.29 is 91.4 Å². The Morgan fingerprint density at radius 1 is 0.411 bits per heavy atom. The Morgan fingerprint density at radius 2 is 0.756 bits per heavy atom. The summed E-state index contributed by atoms with van der Waals surface area (Å²) in [5, 5.41) is 53.4. The molecule has 0 unspecified atom stereocenters. The van der Waals surface area contributed by atoms with Crippen LogP contribution in [0.25, 0.3) is 23.0 Å². The van der Waals surface area contributed by atoms with Gasteiger partial charge in [0.25, 0.3) is 0 Å². The first kappa shape index (κ1) is 76.0. The minimum Gasteiger partial charge on any atom is -0.512 e. The number of pyridine rings is 2. The van der Waals surface area contributed by atoms with Crippen LogP contribution < -0.4 is 16.0 Å². The number of hydrogen-bond donors (Lipinski definition) is 6. The van der Waals surface area contributed by atoms with E-state index in [1.165, 1.54) is 6.20 Å². The van der Waals surface area contributed by atoms with Gasteiger partial charge in [-0.25, -0.2) is 0 Å². The number of anilines is 1. The number of carbonyl (C=O) groups is 5. The Kier molecular flexibility index (Phi) is 42.4. The molecular formula is C58H93N13O19. The van der Waals surface area contributed by atoms with Crippen LogP contribution in [-0.2, 0) is 76.1 Å². The van der Waals surface area contributed by atoms with Gasteiger partial charge in [-0.2, -0.15) is 0 Å². The normalized spacial score (nSPS) is 14.0. The molecule has 0 bridgehead atoms. The second-order valence-electron chi connectivity index (χ2n) is 20.0. The van der Waals surface area contributed by atoms with Crippen molar-refractivity contribution in [1.82, 2.24) is 60.6 Å². The van der Waals surface area contributed by atoms with E-state index < -0.39 is 11.9 Å². The van der Waals surface area contributed by atoms with E-state index >= 15 is 0 Å². The molecule has 4 rings (SSSR count). The SMILES string of the molecule is C=C(O)CN1CCN(CC(=O)O)CCN(CC(=O)O)CCN(CC(=O)NCCOCCOCCOCCOCCOCCOCCOCCOCCOCCOCCOCCNC(=O)CCCC(=O)Nc2ccc(-c3nnc(-c4ccccn4)nn3)nc2)CC1. The van der Waals surface area contributed by atoms with E-state index in [9.17, 15) is 39.3 Å². The maximum atomic E-state index is 12.9. The Hall–Kier alpha value is -6.47. The van der Waals surface area contributed by atoms with E-state index in [-0.39, 0.29) is 68.3 Å². The van der Waals surface area contributed by atoms with Crippen LogP contribution in [0.2, 0.25) is 0 Å². The van der Waals surface area contributed by atoms with Crippen LogP contribution in [0.1, 0.15) is 19.3 Å². The summed E-state index contributed by atoms with van der Waals surface area (Å²) in [5.74, 6) is -2.07. The largest absolute Gasteiger partial charge is 0.512 e. The number of nitrogens with one attached hydrogen (secondary N) is 3. The topological polar surface area (TPSA) is 374 Å². The lowest BCUT2D eigenvalue weighted by atomic mass is 10.2. The summed E-state index contributed by atoms with van der Waals surface area (Å²) in [6.07, 6.45) is 3.87. The van der Waals surface area contributed by atoms with Crippen LogP contribution in [0, 0.1) is 0 Å². The number of ether oxygens (including phenoxy) is 11. The molecule has 3 aromatic rings. The fourth-order valence-electron chi connectivity index (χ4n) is 8.19. The molecule has 0 saturated carbocycles. The van der Waals surface area contributed by atoms with Gasteiger partial charge in [0.2, 0.25) is 29.4 Å². The van der Waals surface area contributed by atoms with Crippen LogP contribution in [0.4, 0.5) is 5.69 Å². The number of hydrogen-bond acceptors (Lipinski definition) is 27. The van der Waals surface area contributed by atoms with Crippen LogP contribution in [0.5, 0.6) is 0 Å². The first-order valence-corrected chi connectivity index (χ1v) is 30.3. The Labute approximate surface area is 525 Å². The summed E-state index contributed by atoms with van der Waals surface area (Å²) < 4.78 is 60.8. The molecule has 3 amide bonds. The van der Waals surface area contributed by atoms with E-state index in [4.69, 9.17) is 52.1 Å². The minimum atomic E-state index is -0.990. The predicted octanol–water partition coefficient (Wildman–Crippen LogP) is -0.623. The lowest BCUT2D eigenvalue weighted by molar-refractivity contribution is -0.140. The maximum absolute atomic E-state index is 12.9. The van der Waals surface area contributed by atoms with Gasteiger partial charge in [0.1, 0.15) is 11.4 Å². The number of aromatic nitrogens is 6. The highest BCUT2D eigenvalue weighted by atomic mass is 16.6. The van der Waals surface area contributed by atoms with Gasteiger partial charge in [0.15, 0.2) is 0 Å². The first-order valence-electron chi connectivity index (χ1n) is 30.3. The van der Waals surface area contributed by atoms with Crippen molar-refractivity contribution in [2.24, 2.45) is 0 Å². The molecule has 0 atom stereocenters. The Bertz CT molecular complexity index is 2360. The van der Waals surface area contributed by atoms with Gasteiger partial charge in [-0.1, -0.05) is 12.6 Å². The lowest BCUT2D eigenvalue weighted by Crippen LogP contribution is -2.49. The molecule has 0 radical (unpaired) electrons. The Balaban J connectivity index is 0.808. The fourth-order valence-corrected chi connectivity index (χ4v) is 8.19. The molecule has 1 fully saturated rings. The molecule has 504 valence electrons. The second-order valence-corrected chi connectivity index (χ2v) is 20.0. The molecular weight excluding hydrogens is 1180 g/mol. The van der Waals surface area contributed by atoms with Gasteiger partial charge in [0, 0.05) is 84.5 Å². The average molecular weight is 1280 g/mol. The van der Waals surface area contributed by atoms with E-state index in [1.807, 2.05) is 15.9 Å². The molecule has 0 aliphatic carbocycles. The van der Waals surface area contributed by atoms with Gasteiger partial charge >= 0.3 is 11.9 Å². The first-order chi connectivity index (χ1) is 43.9. The fraction of sp³-hybridized carbons (Fsp3) is 0.672. The summed E-state index contributed by atoms with van der Waals surface area (Å²) in [6.45, 7) is 16.3. The third-order valence-corrected chi connectivity index (χ3v) is 12.7. The molecule has 0 spiro atoms. The van der Waals surface area contributed by atoms with Crippen molar-refractivity contribution in [1.29, 1.82) is 0 Å².